The lowest BCUT2D eigenvalue weighted by Gasteiger charge is -2.32. The molecule has 0 aromatic carbocycles. The quantitative estimate of drug-likeness (QED) is 0.593. The second-order valence-electron chi connectivity index (χ2n) is 5.55. The molecule has 0 aromatic rings. The van der Waals surface area contributed by atoms with Gasteiger partial charge in [-0.3, -0.25) is 0 Å². The maximum Gasteiger partial charge on any atom is -0.0227 e. The molecule has 2 rings (SSSR count). The molecule has 76 valence electrons. The van der Waals surface area contributed by atoms with Crippen LogP contribution in [0.5, 0.6) is 0 Å². The highest BCUT2D eigenvalue weighted by atomic mass is 14.9. The van der Waals surface area contributed by atoms with Crippen molar-refractivity contribution in [3.63, 3.8) is 0 Å². The van der Waals surface area contributed by atoms with Crippen LogP contribution >= 0.6 is 0 Å². The molecule has 0 N–H and O–H groups in total. The summed E-state index contributed by atoms with van der Waals surface area (Å²) in [6, 6.07) is 0. The molecule has 0 aliphatic heterocycles. The molecule has 0 heteroatoms. The van der Waals surface area contributed by atoms with Crippen molar-refractivity contribution in [1.29, 1.82) is 0 Å². The van der Waals surface area contributed by atoms with Gasteiger partial charge in [-0.25, -0.2) is 0 Å². The Balaban J connectivity index is 1.92. The highest BCUT2D eigenvalue weighted by Crippen LogP contribution is 2.91. The van der Waals surface area contributed by atoms with Crippen molar-refractivity contribution < 1.29 is 0 Å². The van der Waals surface area contributed by atoms with Crippen molar-refractivity contribution >= 4 is 0 Å². The first kappa shape index (κ1) is 9.55. The Morgan fingerprint density at radius 1 is 0.923 bits per heavy atom. The van der Waals surface area contributed by atoms with Gasteiger partial charge in [-0.05, 0) is 41.9 Å². The zero-order valence-electron chi connectivity index (χ0n) is 9.69. The summed E-state index contributed by atoms with van der Waals surface area (Å²) < 4.78 is 0. The Morgan fingerprint density at radius 2 is 1.46 bits per heavy atom. The van der Waals surface area contributed by atoms with Crippen LogP contribution < -0.4 is 0 Å². The molecular formula is C13H24. The average molecular weight is 180 g/mol. The van der Waals surface area contributed by atoms with E-state index in [1.165, 1.54) is 32.1 Å². The zero-order valence-corrected chi connectivity index (χ0v) is 9.69. The van der Waals surface area contributed by atoms with Crippen molar-refractivity contribution in [2.45, 2.75) is 59.8 Å². The smallest absolute Gasteiger partial charge is 0.0227 e. The largest absolute Gasteiger partial charge is 0.0654 e. The second-order valence-corrected chi connectivity index (χ2v) is 5.55. The first-order chi connectivity index (χ1) is 6.17. The Hall–Kier alpha value is 0. The molecule has 0 amide bonds. The zero-order chi connectivity index (χ0) is 9.69. The molecule has 0 spiro atoms. The maximum atomic E-state index is 2.52. The molecule has 0 bridgehead atoms. The van der Waals surface area contributed by atoms with Crippen LogP contribution in [0.25, 0.3) is 0 Å². The Bertz CT molecular complexity index is 194. The van der Waals surface area contributed by atoms with Gasteiger partial charge in [0.2, 0.25) is 0 Å². The van der Waals surface area contributed by atoms with Crippen LogP contribution in [-0.2, 0) is 0 Å². The summed E-state index contributed by atoms with van der Waals surface area (Å²) in [6.07, 6.45) is 7.19. The lowest BCUT2D eigenvalue weighted by molar-refractivity contribution is 0.174. The van der Waals surface area contributed by atoms with Crippen LogP contribution in [0.3, 0.4) is 0 Å². The molecule has 0 saturated heterocycles. The molecular weight excluding hydrogens is 156 g/mol. The summed E-state index contributed by atoms with van der Waals surface area (Å²) >= 11 is 0. The predicted octanol–water partition coefficient (Wildman–Crippen LogP) is 4.25. The van der Waals surface area contributed by atoms with Crippen molar-refractivity contribution in [1.82, 2.24) is 0 Å². The van der Waals surface area contributed by atoms with E-state index in [4.69, 9.17) is 0 Å². The van der Waals surface area contributed by atoms with E-state index in [9.17, 15) is 0 Å². The minimum absolute atomic E-state index is 0.792. The third-order valence-corrected chi connectivity index (χ3v) is 4.94. The predicted molar refractivity (Wildman–Crippen MR) is 57.6 cm³/mol. The van der Waals surface area contributed by atoms with E-state index in [0.29, 0.717) is 0 Å². The molecule has 0 aromatic heterocycles. The summed E-state index contributed by atoms with van der Waals surface area (Å²) in [5.41, 5.74) is 1.62. The monoisotopic (exact) mass is 180 g/mol. The van der Waals surface area contributed by atoms with Crippen LogP contribution in [0.4, 0.5) is 0 Å². The lowest BCUT2D eigenvalue weighted by Crippen LogP contribution is -2.24. The summed E-state index contributed by atoms with van der Waals surface area (Å²) in [7, 11) is 0. The summed E-state index contributed by atoms with van der Waals surface area (Å²) in [5, 5.41) is 0. The molecule has 2 unspecified atom stereocenters. The Labute approximate surface area is 83.1 Å². The fourth-order valence-corrected chi connectivity index (χ4v) is 4.52. The molecule has 0 nitrogen and oxygen atoms in total. The molecule has 0 heterocycles. The summed E-state index contributed by atoms with van der Waals surface area (Å²) in [5.74, 6) is 2.26. The van der Waals surface area contributed by atoms with E-state index in [-0.39, 0.29) is 0 Å². The van der Waals surface area contributed by atoms with E-state index in [1.807, 2.05) is 0 Å². The average Bonchev–Trinajstić information content (AvgIpc) is 2.94. The van der Waals surface area contributed by atoms with Gasteiger partial charge in [0, 0.05) is 0 Å². The first-order valence-corrected chi connectivity index (χ1v) is 6.17. The Morgan fingerprint density at radius 3 is 1.85 bits per heavy atom. The van der Waals surface area contributed by atoms with Gasteiger partial charge >= 0.3 is 0 Å². The van der Waals surface area contributed by atoms with Crippen LogP contribution in [-0.4, -0.2) is 0 Å². The van der Waals surface area contributed by atoms with Crippen molar-refractivity contribution in [2.24, 2.45) is 22.7 Å². The Kier molecular flexibility index (Phi) is 2.02. The van der Waals surface area contributed by atoms with Gasteiger partial charge in [-0.15, -0.1) is 0 Å². The number of hydrogen-bond donors (Lipinski definition) is 0. The van der Waals surface area contributed by atoms with E-state index in [2.05, 4.69) is 27.7 Å². The van der Waals surface area contributed by atoms with Crippen molar-refractivity contribution in [3.8, 4) is 0 Å². The van der Waals surface area contributed by atoms with Gasteiger partial charge in [0.05, 0.1) is 0 Å². The third kappa shape index (κ3) is 0.980. The first-order valence-electron chi connectivity index (χ1n) is 6.17. The molecule has 2 aliphatic carbocycles. The fourth-order valence-electron chi connectivity index (χ4n) is 4.52. The SMILES string of the molecule is CCCC1(C)C2C1C2(CC)CCC. The molecule has 2 atom stereocenters. The van der Waals surface area contributed by atoms with Crippen LogP contribution in [0, 0.1) is 22.7 Å². The highest BCUT2D eigenvalue weighted by Gasteiger charge is 2.86. The van der Waals surface area contributed by atoms with Gasteiger partial charge in [0.15, 0.2) is 0 Å². The number of hydrogen-bond acceptors (Lipinski definition) is 0. The number of rotatable bonds is 5. The van der Waals surface area contributed by atoms with E-state index in [0.717, 1.165) is 22.7 Å². The maximum absolute atomic E-state index is 2.52. The van der Waals surface area contributed by atoms with Crippen LogP contribution in [0.1, 0.15) is 59.8 Å². The topological polar surface area (TPSA) is 0 Å². The highest BCUT2D eigenvalue weighted by molar-refractivity contribution is 5.34. The lowest BCUT2D eigenvalue weighted by atomic mass is 9.73. The van der Waals surface area contributed by atoms with Crippen LogP contribution in [0.15, 0.2) is 0 Å². The fraction of sp³-hybridized carbons (Fsp3) is 1.00. The van der Waals surface area contributed by atoms with Crippen molar-refractivity contribution in [3.05, 3.63) is 0 Å². The molecule has 2 aliphatic rings. The van der Waals surface area contributed by atoms with Gasteiger partial charge < -0.3 is 0 Å². The second kappa shape index (κ2) is 2.74. The third-order valence-electron chi connectivity index (χ3n) is 4.94. The molecule has 0 radical (unpaired) electrons. The summed E-state index contributed by atoms with van der Waals surface area (Å²) in [4.78, 5) is 0. The van der Waals surface area contributed by atoms with E-state index in [1.54, 1.807) is 0 Å². The van der Waals surface area contributed by atoms with Gasteiger partial charge in [0.1, 0.15) is 0 Å². The van der Waals surface area contributed by atoms with E-state index < -0.39 is 0 Å². The minimum atomic E-state index is 0.792. The van der Waals surface area contributed by atoms with Gasteiger partial charge in [-0.1, -0.05) is 40.5 Å². The molecule has 2 saturated carbocycles. The normalized spacial score (nSPS) is 51.7. The van der Waals surface area contributed by atoms with Gasteiger partial charge in [0.25, 0.3) is 0 Å². The minimum Gasteiger partial charge on any atom is -0.0654 e. The standard InChI is InChI=1S/C13H24/c1-5-8-12(4)10-11(12)13(10,7-3)9-6-2/h10-11H,5-9H2,1-4H3. The van der Waals surface area contributed by atoms with Crippen molar-refractivity contribution in [2.75, 3.05) is 0 Å². The van der Waals surface area contributed by atoms with Gasteiger partial charge in [-0.2, -0.15) is 0 Å². The molecule has 2 fully saturated rings. The molecule has 13 heavy (non-hydrogen) atoms. The van der Waals surface area contributed by atoms with E-state index >= 15 is 0 Å². The van der Waals surface area contributed by atoms with Crippen LogP contribution in [0.2, 0.25) is 0 Å². The summed E-state index contributed by atoms with van der Waals surface area (Å²) in [6.45, 7) is 9.59. The number of fused-ring (bicyclic) bond motifs is 1.